The number of rotatable bonds is 10. The Morgan fingerprint density at radius 3 is 2.32 bits per heavy atom. The number of alkyl halides is 3. The van der Waals surface area contributed by atoms with Gasteiger partial charge in [-0.1, -0.05) is 19.9 Å². The number of anilines is 3. The Balaban J connectivity index is 1.47. The van der Waals surface area contributed by atoms with E-state index in [9.17, 15) is 27.6 Å². The minimum absolute atomic E-state index is 0.0978. The molecule has 2 heterocycles. The van der Waals surface area contributed by atoms with E-state index in [1.165, 1.54) is 0 Å². The third-order valence-corrected chi connectivity index (χ3v) is 7.43. The fraction of sp³-hybridized carbons (Fsp3) is 0.323. The molecule has 0 atom stereocenters. The van der Waals surface area contributed by atoms with Crippen LogP contribution >= 0.6 is 0 Å². The van der Waals surface area contributed by atoms with Crippen molar-refractivity contribution in [1.82, 2.24) is 15.2 Å². The van der Waals surface area contributed by atoms with Crippen LogP contribution in [0.15, 0.2) is 36.4 Å². The summed E-state index contributed by atoms with van der Waals surface area (Å²) in [6.45, 7) is 10.8. The van der Waals surface area contributed by atoms with Crippen molar-refractivity contribution in [1.29, 1.82) is 0 Å². The highest BCUT2D eigenvalue weighted by molar-refractivity contribution is 6.35. The third-order valence-electron chi connectivity index (χ3n) is 7.43. The minimum atomic E-state index is -4.60. The van der Waals surface area contributed by atoms with E-state index in [4.69, 9.17) is 4.74 Å². The highest BCUT2D eigenvalue weighted by Crippen LogP contribution is 2.38. The van der Waals surface area contributed by atoms with Crippen LogP contribution in [0.25, 0.3) is 11.6 Å². The van der Waals surface area contributed by atoms with Crippen LogP contribution in [0.3, 0.4) is 0 Å². The molecule has 234 valence electrons. The molecule has 0 unspecified atom stereocenters. The number of benzene rings is 2. The zero-order valence-corrected chi connectivity index (χ0v) is 25.1. The number of methoxy groups -OCH3 is 1. The molecule has 2 aromatic carbocycles. The lowest BCUT2D eigenvalue weighted by Gasteiger charge is -2.18. The van der Waals surface area contributed by atoms with E-state index in [-0.39, 0.29) is 17.5 Å². The summed E-state index contributed by atoms with van der Waals surface area (Å²) in [5.41, 5.74) is 3.49. The molecule has 0 aliphatic carbocycles. The average Bonchev–Trinajstić information content (AvgIpc) is 3.43. The summed E-state index contributed by atoms with van der Waals surface area (Å²) < 4.78 is 44.2. The first kappa shape index (κ1) is 32.1. The number of likely N-dealkylation sites (N-methyl/N-ethyl adjacent to an activating group) is 1. The van der Waals surface area contributed by atoms with Crippen LogP contribution in [-0.4, -0.2) is 61.0 Å². The van der Waals surface area contributed by atoms with E-state index in [1.54, 1.807) is 31.2 Å². The first-order valence-electron chi connectivity index (χ1n) is 14.1. The summed E-state index contributed by atoms with van der Waals surface area (Å²) in [5, 5.41) is 10.8. The summed E-state index contributed by atoms with van der Waals surface area (Å²) in [4.78, 5) is 43.8. The van der Waals surface area contributed by atoms with E-state index in [1.807, 2.05) is 6.92 Å². The molecule has 4 amide bonds. The maximum atomic E-state index is 13.1. The predicted molar refractivity (Wildman–Crippen MR) is 164 cm³/mol. The van der Waals surface area contributed by atoms with Crippen LogP contribution < -0.4 is 26.0 Å². The fourth-order valence-corrected chi connectivity index (χ4v) is 5.07. The second-order valence-electron chi connectivity index (χ2n) is 10.2. The van der Waals surface area contributed by atoms with Gasteiger partial charge in [0, 0.05) is 47.5 Å². The number of nitrogens with zero attached hydrogens (tertiary/aromatic N) is 1. The Morgan fingerprint density at radius 1 is 1.02 bits per heavy atom. The van der Waals surface area contributed by atoms with Gasteiger partial charge < -0.3 is 35.9 Å². The van der Waals surface area contributed by atoms with Gasteiger partial charge in [0.25, 0.3) is 11.8 Å². The highest BCUT2D eigenvalue weighted by atomic mass is 19.4. The quantitative estimate of drug-likeness (QED) is 0.183. The number of amides is 4. The summed E-state index contributed by atoms with van der Waals surface area (Å²) in [6, 6.07) is 7.16. The number of H-pyrrole nitrogens is 1. The SMILES string of the molecule is CCN(CC)CCNC(=O)c1c(C)[nH]c(/C=C2\C(=O)Nc3cc(NC(=O)Nc4ccc(C(F)(F)F)c(OC)c4)ccc32)c1C. The molecule has 3 aromatic rings. The van der Waals surface area contributed by atoms with E-state index in [2.05, 4.69) is 45.0 Å². The molecule has 0 bridgehead atoms. The molecule has 44 heavy (non-hydrogen) atoms. The van der Waals surface area contributed by atoms with Crippen molar-refractivity contribution >= 4 is 46.6 Å². The number of hydrogen-bond acceptors (Lipinski definition) is 5. The molecule has 1 aliphatic rings. The molecule has 0 spiro atoms. The van der Waals surface area contributed by atoms with Crippen molar-refractivity contribution in [2.24, 2.45) is 0 Å². The highest BCUT2D eigenvalue weighted by Gasteiger charge is 2.34. The number of ether oxygens (including phenoxy) is 1. The standard InChI is InChI=1S/C31H35F3N6O4/c1-6-40(7-2)13-12-35-29(42)27-17(3)24(36-18(27)4)16-22-21-10-8-19(14-25(21)39-28(22)41)37-30(43)38-20-9-11-23(31(32,33)34)26(15-20)44-5/h8-11,14-16,36H,6-7,12-13H2,1-5H3,(H,35,42)(H,39,41)(H2,37,38,43)/b22-16-. The Bertz CT molecular complexity index is 1610. The van der Waals surface area contributed by atoms with Gasteiger partial charge in [0.1, 0.15) is 5.75 Å². The van der Waals surface area contributed by atoms with E-state index >= 15 is 0 Å². The average molecular weight is 613 g/mol. The van der Waals surface area contributed by atoms with Gasteiger partial charge in [0.2, 0.25) is 0 Å². The molecule has 1 aliphatic heterocycles. The van der Waals surface area contributed by atoms with Crippen LogP contribution in [0.2, 0.25) is 0 Å². The van der Waals surface area contributed by atoms with Crippen LogP contribution in [0, 0.1) is 13.8 Å². The normalized spacial score (nSPS) is 13.6. The summed E-state index contributed by atoms with van der Waals surface area (Å²) >= 11 is 0. The Hall–Kier alpha value is -4.78. The maximum absolute atomic E-state index is 13.1. The van der Waals surface area contributed by atoms with Crippen LogP contribution in [0.1, 0.15) is 52.3 Å². The van der Waals surface area contributed by atoms with Crippen molar-refractivity contribution in [2.75, 3.05) is 49.2 Å². The first-order valence-corrected chi connectivity index (χ1v) is 14.1. The monoisotopic (exact) mass is 612 g/mol. The largest absolute Gasteiger partial charge is 0.496 e. The second-order valence-corrected chi connectivity index (χ2v) is 10.2. The number of aromatic nitrogens is 1. The van der Waals surface area contributed by atoms with Crippen LogP contribution in [0.4, 0.5) is 35.0 Å². The van der Waals surface area contributed by atoms with Gasteiger partial charge in [-0.25, -0.2) is 4.79 Å². The van der Waals surface area contributed by atoms with Crippen molar-refractivity contribution in [3.05, 3.63) is 70.0 Å². The molecular weight excluding hydrogens is 577 g/mol. The minimum Gasteiger partial charge on any atom is -0.496 e. The molecule has 13 heteroatoms. The number of aryl methyl sites for hydroxylation is 1. The zero-order chi connectivity index (χ0) is 32.2. The molecule has 0 fully saturated rings. The van der Waals surface area contributed by atoms with E-state index in [0.29, 0.717) is 51.6 Å². The van der Waals surface area contributed by atoms with Gasteiger partial charge in [-0.15, -0.1) is 0 Å². The Morgan fingerprint density at radius 2 is 1.68 bits per heavy atom. The van der Waals surface area contributed by atoms with Crippen molar-refractivity contribution < 1.29 is 32.3 Å². The molecule has 0 radical (unpaired) electrons. The van der Waals surface area contributed by atoms with E-state index < -0.39 is 23.5 Å². The smallest absolute Gasteiger partial charge is 0.419 e. The number of fused-ring (bicyclic) bond motifs is 1. The number of carbonyl (C=O) groups is 3. The summed E-state index contributed by atoms with van der Waals surface area (Å²) in [6.07, 6.45) is -2.91. The molecule has 4 rings (SSSR count). The van der Waals surface area contributed by atoms with Crippen molar-refractivity contribution in [3.63, 3.8) is 0 Å². The van der Waals surface area contributed by atoms with Gasteiger partial charge in [0.15, 0.2) is 0 Å². The molecule has 5 N–H and O–H groups in total. The Kier molecular flexibility index (Phi) is 9.68. The van der Waals surface area contributed by atoms with Crippen LogP contribution in [0.5, 0.6) is 5.75 Å². The third kappa shape index (κ3) is 7.05. The number of hydrogen-bond donors (Lipinski definition) is 5. The molecule has 1 aromatic heterocycles. The second kappa shape index (κ2) is 13.2. The lowest BCUT2D eigenvalue weighted by Crippen LogP contribution is -2.35. The van der Waals surface area contributed by atoms with Gasteiger partial charge >= 0.3 is 12.2 Å². The number of nitrogens with one attached hydrogen (secondary N) is 5. The van der Waals surface area contributed by atoms with Crippen molar-refractivity contribution in [2.45, 2.75) is 33.9 Å². The fourth-order valence-electron chi connectivity index (χ4n) is 5.07. The van der Waals surface area contributed by atoms with Gasteiger partial charge in [-0.3, -0.25) is 9.59 Å². The molecular formula is C31H35F3N6O4. The first-order chi connectivity index (χ1) is 20.9. The molecule has 0 saturated heterocycles. The number of aromatic amines is 1. The lowest BCUT2D eigenvalue weighted by atomic mass is 10.0. The summed E-state index contributed by atoms with van der Waals surface area (Å²) in [5.74, 6) is -0.964. The van der Waals surface area contributed by atoms with Gasteiger partial charge in [0.05, 0.1) is 29.5 Å². The van der Waals surface area contributed by atoms with E-state index in [0.717, 1.165) is 44.9 Å². The molecule has 0 saturated carbocycles. The predicted octanol–water partition coefficient (Wildman–Crippen LogP) is 5.87. The van der Waals surface area contributed by atoms with Gasteiger partial charge in [-0.2, -0.15) is 13.2 Å². The summed E-state index contributed by atoms with van der Waals surface area (Å²) in [7, 11) is 1.11. The zero-order valence-electron chi connectivity index (χ0n) is 25.1. The lowest BCUT2D eigenvalue weighted by molar-refractivity contribution is -0.138. The van der Waals surface area contributed by atoms with Gasteiger partial charge in [-0.05, 0) is 62.8 Å². The maximum Gasteiger partial charge on any atom is 0.419 e. The van der Waals surface area contributed by atoms with Crippen molar-refractivity contribution in [3.8, 4) is 5.75 Å². The number of halogens is 3. The Labute approximate surface area is 253 Å². The number of carbonyl (C=O) groups excluding carboxylic acids is 3. The molecule has 10 nitrogen and oxygen atoms in total. The number of urea groups is 1. The van der Waals surface area contributed by atoms with Crippen LogP contribution in [-0.2, 0) is 11.0 Å². The topological polar surface area (TPSA) is 128 Å².